The van der Waals surface area contributed by atoms with Crippen molar-refractivity contribution in [1.29, 1.82) is 0 Å². The Bertz CT molecular complexity index is 2550. The fourth-order valence-electron chi connectivity index (χ4n) is 8.99. The molecule has 4 N–H and O–H groups in total. The Morgan fingerprint density at radius 2 is 1.43 bits per heavy atom. The molecule has 15 heteroatoms. The zero-order valence-electron chi connectivity index (χ0n) is 34.7. The number of amides is 4. The van der Waals surface area contributed by atoms with Gasteiger partial charge in [0.05, 0.1) is 49.2 Å². The number of H-pyrrole nitrogens is 2. The number of alkyl carbamates (subject to hydrolysis) is 2. The Labute approximate surface area is 353 Å². The number of carbonyl (C=O) groups excluding carboxylic acids is 4. The van der Waals surface area contributed by atoms with E-state index in [1.165, 1.54) is 14.2 Å². The van der Waals surface area contributed by atoms with Crippen LogP contribution in [-0.2, 0) is 19.1 Å². The first-order chi connectivity index (χ1) is 29.5. The van der Waals surface area contributed by atoms with E-state index in [0.717, 1.165) is 77.8 Å². The van der Waals surface area contributed by atoms with Crippen molar-refractivity contribution in [2.75, 3.05) is 27.3 Å². The number of pyridine rings is 1. The molecule has 2 spiro atoms. The number of carbonyl (C=O) groups is 4. The van der Waals surface area contributed by atoms with Crippen molar-refractivity contribution >= 4 is 35.0 Å². The number of hydrogen-bond acceptors (Lipinski definition) is 9. The lowest BCUT2D eigenvalue weighted by Gasteiger charge is -2.30. The quantitative estimate of drug-likeness (QED) is 0.123. The lowest BCUT2D eigenvalue weighted by molar-refractivity contribution is -0.136. The third kappa shape index (κ3) is 8.02. The zero-order valence-corrected chi connectivity index (χ0v) is 34.7. The summed E-state index contributed by atoms with van der Waals surface area (Å²) in [4.78, 5) is 77.1. The third-order valence-corrected chi connectivity index (χ3v) is 12.9. The van der Waals surface area contributed by atoms with Gasteiger partial charge in [-0.25, -0.2) is 19.6 Å². The molecule has 5 heterocycles. The van der Waals surface area contributed by atoms with Gasteiger partial charge in [-0.15, -0.1) is 0 Å². The molecule has 3 aromatic heterocycles. The Morgan fingerprint density at radius 3 is 2.07 bits per heavy atom. The van der Waals surface area contributed by atoms with Crippen molar-refractivity contribution in [1.82, 2.24) is 45.4 Å². The van der Waals surface area contributed by atoms with Crippen molar-refractivity contribution in [3.8, 4) is 23.1 Å². The average Bonchev–Trinajstić information content (AvgIpc) is 3.89. The van der Waals surface area contributed by atoms with E-state index < -0.39 is 24.3 Å². The highest BCUT2D eigenvalue weighted by molar-refractivity contribution is 5.88. The Hall–Kier alpha value is -6.69. The summed E-state index contributed by atoms with van der Waals surface area (Å²) in [6.45, 7) is 5.06. The van der Waals surface area contributed by atoms with E-state index >= 15 is 0 Å². The van der Waals surface area contributed by atoms with E-state index in [9.17, 15) is 19.2 Å². The smallest absolute Gasteiger partial charge is 0.407 e. The number of benzene rings is 2. The number of nitrogens with zero attached hydrogens (tertiary/aromatic N) is 5. The minimum Gasteiger partial charge on any atom is -0.453 e. The molecular formula is C46H49N9O6. The summed E-state index contributed by atoms with van der Waals surface area (Å²) < 4.78 is 9.67. The van der Waals surface area contributed by atoms with Gasteiger partial charge in [-0.2, -0.15) is 0 Å². The summed E-state index contributed by atoms with van der Waals surface area (Å²) in [7, 11) is 2.57. The molecule has 2 saturated heterocycles. The predicted molar refractivity (Wildman–Crippen MR) is 224 cm³/mol. The van der Waals surface area contributed by atoms with Crippen LogP contribution >= 0.6 is 0 Å². The van der Waals surface area contributed by atoms with E-state index in [1.54, 1.807) is 30.7 Å². The molecule has 2 aliphatic heterocycles. The van der Waals surface area contributed by atoms with Gasteiger partial charge in [0.25, 0.3) is 5.91 Å². The van der Waals surface area contributed by atoms with Crippen LogP contribution in [0.4, 0.5) is 9.59 Å². The van der Waals surface area contributed by atoms with E-state index in [1.807, 2.05) is 66.1 Å². The van der Waals surface area contributed by atoms with Crippen molar-refractivity contribution in [3.05, 3.63) is 102 Å². The molecule has 4 aliphatic rings. The summed E-state index contributed by atoms with van der Waals surface area (Å²) in [5.74, 6) is 7.54. The van der Waals surface area contributed by atoms with Crippen LogP contribution in [0.3, 0.4) is 0 Å². The third-order valence-electron chi connectivity index (χ3n) is 12.9. The minimum absolute atomic E-state index is 0.0515. The second-order valence-electron chi connectivity index (χ2n) is 17.4. The highest BCUT2D eigenvalue weighted by Crippen LogP contribution is 2.59. The first-order valence-electron chi connectivity index (χ1n) is 20.8. The normalized spacial score (nSPS) is 20.3. The van der Waals surface area contributed by atoms with Crippen LogP contribution in [0.1, 0.15) is 98.8 Å². The maximum atomic E-state index is 14.2. The summed E-state index contributed by atoms with van der Waals surface area (Å²) in [5.41, 5.74) is 5.78. The van der Waals surface area contributed by atoms with Crippen LogP contribution in [0.25, 0.3) is 22.3 Å². The molecule has 0 radical (unpaired) electrons. The van der Waals surface area contributed by atoms with Crippen LogP contribution in [0, 0.1) is 28.6 Å². The predicted octanol–water partition coefficient (Wildman–Crippen LogP) is 6.33. The van der Waals surface area contributed by atoms with E-state index in [0.29, 0.717) is 24.5 Å². The van der Waals surface area contributed by atoms with Crippen LogP contribution in [0.2, 0.25) is 0 Å². The van der Waals surface area contributed by atoms with Gasteiger partial charge in [0.1, 0.15) is 23.7 Å². The number of aromatic nitrogens is 5. The van der Waals surface area contributed by atoms with Gasteiger partial charge in [0.2, 0.25) is 5.91 Å². The molecule has 61 heavy (non-hydrogen) atoms. The summed E-state index contributed by atoms with van der Waals surface area (Å²) in [5, 5.41) is 5.45. The average molecular weight is 824 g/mol. The lowest BCUT2D eigenvalue weighted by Crippen LogP contribution is -2.51. The molecule has 314 valence electrons. The molecule has 4 amide bonds. The maximum Gasteiger partial charge on any atom is 0.407 e. The van der Waals surface area contributed by atoms with Crippen LogP contribution in [0.5, 0.6) is 0 Å². The SMILES string of the molecule is COC(=O)N[C@H](C(=O)N1CC2(CC2)C[C@H]1c1ncc(-c2ccc(C#Cc3ccc4nc([C@@H]5CC6(CC6)CN5C(=O)[C@H](NC(=O)OC)c5cccnc5)[nH]c4c3)cc2)[nH]1)C(C)C. The van der Waals surface area contributed by atoms with Crippen molar-refractivity contribution in [2.24, 2.45) is 16.7 Å². The van der Waals surface area contributed by atoms with E-state index in [2.05, 4.69) is 37.4 Å². The number of likely N-dealkylation sites (tertiary alicyclic amines) is 2. The standard InChI is InChI=1S/C46H49N9O6/c1-27(2)37(52-43(58)60-3)41(56)54-25-45(15-16-45)21-35(54)39-48-24-34(51-39)30-12-9-28(10-13-30)7-8-29-11-14-32-33(20-29)50-40(49-32)36-22-46(17-18-46)26-55(36)42(57)38(53-44(59)61-4)31-6-5-19-47-23-31/h5-6,9-14,19-20,23-24,27,35-38H,15-18,21-22,25-26H2,1-4H3,(H,48,51)(H,49,50)(H,52,58)(H,53,59)/t35-,36-,37-,38+/m0/s1. The Balaban J connectivity index is 0.895. The highest BCUT2D eigenvalue weighted by Gasteiger charge is 2.56. The molecule has 2 aliphatic carbocycles. The second-order valence-corrected chi connectivity index (χ2v) is 17.4. The molecule has 0 unspecified atom stereocenters. The minimum atomic E-state index is -0.952. The molecule has 5 aromatic rings. The zero-order chi connectivity index (χ0) is 42.5. The number of hydrogen-bond donors (Lipinski definition) is 4. The fourth-order valence-corrected chi connectivity index (χ4v) is 8.99. The number of aromatic amines is 2. The first-order valence-corrected chi connectivity index (χ1v) is 20.8. The molecule has 4 fully saturated rings. The van der Waals surface area contributed by atoms with Crippen LogP contribution in [0.15, 0.2) is 73.2 Å². The van der Waals surface area contributed by atoms with Gasteiger partial charge in [-0.3, -0.25) is 14.6 Å². The summed E-state index contributed by atoms with van der Waals surface area (Å²) >= 11 is 0. The maximum absolute atomic E-state index is 14.2. The number of nitrogens with one attached hydrogen (secondary N) is 4. The second kappa shape index (κ2) is 15.7. The van der Waals surface area contributed by atoms with Crippen molar-refractivity contribution in [2.45, 2.75) is 76.5 Å². The molecule has 4 atom stereocenters. The molecule has 9 rings (SSSR count). The largest absolute Gasteiger partial charge is 0.453 e. The monoisotopic (exact) mass is 823 g/mol. The molecule has 15 nitrogen and oxygen atoms in total. The van der Waals surface area contributed by atoms with Gasteiger partial charge in [0, 0.05) is 42.2 Å². The summed E-state index contributed by atoms with van der Waals surface area (Å²) in [6.07, 6.45) is 9.55. The lowest BCUT2D eigenvalue weighted by atomic mass is 10.0. The van der Waals surface area contributed by atoms with Gasteiger partial charge in [-0.1, -0.05) is 43.9 Å². The highest BCUT2D eigenvalue weighted by atomic mass is 16.5. The van der Waals surface area contributed by atoms with Crippen LogP contribution < -0.4 is 10.6 Å². The van der Waals surface area contributed by atoms with Crippen molar-refractivity contribution < 1.29 is 28.7 Å². The molecule has 2 saturated carbocycles. The van der Waals surface area contributed by atoms with Gasteiger partial charge < -0.3 is 39.9 Å². The number of methoxy groups -OCH3 is 2. The first kappa shape index (κ1) is 39.8. The number of rotatable bonds is 9. The van der Waals surface area contributed by atoms with Gasteiger partial charge in [0.15, 0.2) is 0 Å². The van der Waals surface area contributed by atoms with Gasteiger partial charge in [-0.05, 0) is 97.2 Å². The Kier molecular flexibility index (Phi) is 10.2. The van der Waals surface area contributed by atoms with Gasteiger partial charge >= 0.3 is 12.2 Å². The van der Waals surface area contributed by atoms with E-state index in [4.69, 9.17) is 19.4 Å². The van der Waals surface area contributed by atoms with Crippen LogP contribution in [-0.4, -0.2) is 92.1 Å². The van der Waals surface area contributed by atoms with Crippen molar-refractivity contribution in [3.63, 3.8) is 0 Å². The number of ether oxygens (including phenoxy) is 2. The number of fused-ring (bicyclic) bond motifs is 1. The molecule has 0 bridgehead atoms. The number of imidazole rings is 2. The molecule has 2 aromatic carbocycles. The molecular weight excluding hydrogens is 775 g/mol. The topological polar surface area (TPSA) is 188 Å². The summed E-state index contributed by atoms with van der Waals surface area (Å²) in [6, 6.07) is 15.2. The Morgan fingerprint density at radius 1 is 0.787 bits per heavy atom. The van der Waals surface area contributed by atoms with E-state index in [-0.39, 0.29) is 40.6 Å². The fraction of sp³-hybridized carbons (Fsp3) is 0.413.